The molecule has 0 unspecified atom stereocenters. The van der Waals surface area contributed by atoms with Gasteiger partial charge in [0.1, 0.15) is 5.01 Å². The van der Waals surface area contributed by atoms with E-state index in [9.17, 15) is 4.79 Å². The molecule has 1 N–H and O–H groups in total. The van der Waals surface area contributed by atoms with Gasteiger partial charge in [0.15, 0.2) is 0 Å². The van der Waals surface area contributed by atoms with Crippen LogP contribution in [0.5, 0.6) is 0 Å². The van der Waals surface area contributed by atoms with Gasteiger partial charge < -0.3 is 5.32 Å². The van der Waals surface area contributed by atoms with Gasteiger partial charge in [-0.2, -0.15) is 5.10 Å². The Hall–Kier alpha value is -2.47. The third-order valence-corrected chi connectivity index (χ3v) is 5.38. The molecule has 0 fully saturated rings. The molecule has 26 heavy (non-hydrogen) atoms. The lowest BCUT2D eigenvalue weighted by molar-refractivity contribution is 0.0938. The van der Waals surface area contributed by atoms with Crippen molar-refractivity contribution in [3.63, 3.8) is 0 Å². The summed E-state index contributed by atoms with van der Waals surface area (Å²) in [6.45, 7) is 10.1. The van der Waals surface area contributed by atoms with Crippen molar-refractivity contribution in [3.8, 4) is 5.69 Å². The predicted octanol–water partition coefficient (Wildman–Crippen LogP) is 4.56. The molecule has 0 radical (unpaired) electrons. The zero-order valence-electron chi connectivity index (χ0n) is 15.8. The Kier molecular flexibility index (Phi) is 5.23. The molecule has 0 spiro atoms. The second-order valence-electron chi connectivity index (χ2n) is 6.87. The predicted molar refractivity (Wildman–Crippen MR) is 105 cm³/mol. The third kappa shape index (κ3) is 3.70. The van der Waals surface area contributed by atoms with E-state index in [1.54, 1.807) is 17.5 Å². The van der Waals surface area contributed by atoms with Crippen molar-refractivity contribution in [1.82, 2.24) is 20.1 Å². The van der Waals surface area contributed by atoms with Gasteiger partial charge in [0.25, 0.3) is 5.91 Å². The number of carbonyl (C=O) groups excluding carboxylic acids is 1. The first kappa shape index (κ1) is 18.3. The largest absolute Gasteiger partial charge is 0.343 e. The van der Waals surface area contributed by atoms with Crippen LogP contribution in [0.15, 0.2) is 35.8 Å². The van der Waals surface area contributed by atoms with Crippen LogP contribution in [-0.4, -0.2) is 20.7 Å². The van der Waals surface area contributed by atoms with Gasteiger partial charge in [-0.3, -0.25) is 4.79 Å². The Bertz CT molecular complexity index is 908. The van der Waals surface area contributed by atoms with Gasteiger partial charge in [-0.05, 0) is 38.8 Å². The van der Waals surface area contributed by atoms with Crippen molar-refractivity contribution in [1.29, 1.82) is 0 Å². The Morgan fingerprint density at radius 3 is 2.42 bits per heavy atom. The van der Waals surface area contributed by atoms with Crippen LogP contribution in [0.4, 0.5) is 0 Å². The van der Waals surface area contributed by atoms with Crippen LogP contribution >= 0.6 is 11.3 Å². The minimum absolute atomic E-state index is 0.118. The number of nitrogens with one attached hydrogen (secondary N) is 1. The number of aromatic nitrogens is 3. The number of nitrogens with zero attached hydrogens (tertiary/aromatic N) is 3. The first-order chi connectivity index (χ1) is 12.4. The van der Waals surface area contributed by atoms with Crippen molar-refractivity contribution in [2.75, 3.05) is 0 Å². The summed E-state index contributed by atoms with van der Waals surface area (Å²) in [6, 6.07) is 8.01. The molecule has 136 valence electrons. The van der Waals surface area contributed by atoms with E-state index >= 15 is 0 Å². The maximum absolute atomic E-state index is 12.9. The number of hydrogen-bond donors (Lipinski definition) is 1. The minimum atomic E-state index is -0.135. The molecule has 1 amide bonds. The van der Waals surface area contributed by atoms with E-state index in [0.717, 1.165) is 22.1 Å². The van der Waals surface area contributed by atoms with Crippen LogP contribution in [0.3, 0.4) is 0 Å². The molecule has 2 aromatic heterocycles. The normalized spacial score (nSPS) is 12.4. The van der Waals surface area contributed by atoms with E-state index in [4.69, 9.17) is 0 Å². The summed E-state index contributed by atoms with van der Waals surface area (Å²) in [4.78, 5) is 17.3. The van der Waals surface area contributed by atoms with Gasteiger partial charge in [-0.15, -0.1) is 11.3 Å². The maximum atomic E-state index is 12.9. The fraction of sp³-hybridized carbons (Fsp3) is 0.350. The maximum Gasteiger partial charge on any atom is 0.255 e. The van der Waals surface area contributed by atoms with Crippen molar-refractivity contribution in [2.24, 2.45) is 0 Å². The van der Waals surface area contributed by atoms with Gasteiger partial charge in [-0.1, -0.05) is 31.5 Å². The Labute approximate surface area is 158 Å². The van der Waals surface area contributed by atoms with Crippen molar-refractivity contribution < 1.29 is 4.79 Å². The zero-order valence-corrected chi connectivity index (χ0v) is 16.6. The molecule has 0 aliphatic heterocycles. The van der Waals surface area contributed by atoms with E-state index in [1.807, 2.05) is 48.2 Å². The Morgan fingerprint density at radius 2 is 1.85 bits per heavy atom. The van der Waals surface area contributed by atoms with Gasteiger partial charge in [0.05, 0.1) is 29.2 Å². The lowest BCUT2D eigenvalue weighted by Gasteiger charge is -2.15. The van der Waals surface area contributed by atoms with Crippen LogP contribution in [0.2, 0.25) is 0 Å². The molecule has 0 aliphatic carbocycles. The highest BCUT2D eigenvalue weighted by atomic mass is 32.1. The average Bonchev–Trinajstić information content (AvgIpc) is 3.22. The highest BCUT2D eigenvalue weighted by molar-refractivity contribution is 7.09. The minimum Gasteiger partial charge on any atom is -0.343 e. The number of rotatable bonds is 5. The first-order valence-electron chi connectivity index (χ1n) is 8.74. The fourth-order valence-corrected chi connectivity index (χ4v) is 3.69. The summed E-state index contributed by atoms with van der Waals surface area (Å²) < 4.78 is 1.86. The molecular formula is C20H24N4OS. The SMILES string of the molecule is Cc1ccc(-n2ncc(C(=O)N[C@H](C)c3nc(C)cs3)c2C(C)C)cc1. The van der Waals surface area contributed by atoms with Gasteiger partial charge in [0.2, 0.25) is 0 Å². The standard InChI is InChI=1S/C20H24N4OS/c1-12(2)18-17(10-21-24(18)16-8-6-13(3)7-9-16)19(25)23-15(5)20-22-14(4)11-26-20/h6-12,15H,1-5H3,(H,23,25)/t15-/m1/s1. The lowest BCUT2D eigenvalue weighted by Crippen LogP contribution is -2.27. The number of benzene rings is 1. The van der Waals surface area contributed by atoms with E-state index in [1.165, 1.54) is 5.56 Å². The molecule has 3 aromatic rings. The molecular weight excluding hydrogens is 344 g/mol. The van der Waals surface area contributed by atoms with Crippen molar-refractivity contribution in [3.05, 3.63) is 63.4 Å². The van der Waals surface area contributed by atoms with Crippen molar-refractivity contribution >= 4 is 17.2 Å². The molecule has 0 saturated carbocycles. The summed E-state index contributed by atoms with van der Waals surface area (Å²) in [7, 11) is 0. The third-order valence-electron chi connectivity index (χ3n) is 4.23. The molecule has 3 rings (SSSR count). The summed E-state index contributed by atoms with van der Waals surface area (Å²) in [6.07, 6.45) is 1.66. The van der Waals surface area contributed by atoms with Gasteiger partial charge >= 0.3 is 0 Å². The zero-order chi connectivity index (χ0) is 18.8. The Morgan fingerprint density at radius 1 is 1.15 bits per heavy atom. The smallest absolute Gasteiger partial charge is 0.255 e. The quantitative estimate of drug-likeness (QED) is 0.718. The van der Waals surface area contributed by atoms with E-state index < -0.39 is 0 Å². The summed E-state index contributed by atoms with van der Waals surface area (Å²) >= 11 is 1.56. The Balaban J connectivity index is 1.89. The molecule has 6 heteroatoms. The number of amides is 1. The van der Waals surface area contributed by atoms with Gasteiger partial charge in [0, 0.05) is 11.1 Å². The summed E-state index contributed by atoms with van der Waals surface area (Å²) in [5.41, 5.74) is 4.65. The highest BCUT2D eigenvalue weighted by Gasteiger charge is 2.23. The molecule has 1 aromatic carbocycles. The molecule has 2 heterocycles. The highest BCUT2D eigenvalue weighted by Crippen LogP contribution is 2.24. The van der Waals surface area contributed by atoms with Crippen LogP contribution in [0.1, 0.15) is 65.0 Å². The van der Waals surface area contributed by atoms with E-state index in [-0.39, 0.29) is 17.9 Å². The first-order valence-corrected chi connectivity index (χ1v) is 9.62. The fourth-order valence-electron chi connectivity index (χ4n) is 2.89. The van der Waals surface area contributed by atoms with E-state index in [2.05, 4.69) is 36.2 Å². The van der Waals surface area contributed by atoms with Crippen molar-refractivity contribution in [2.45, 2.75) is 46.6 Å². The molecule has 5 nitrogen and oxygen atoms in total. The molecule has 0 bridgehead atoms. The number of carbonyl (C=O) groups is 1. The summed E-state index contributed by atoms with van der Waals surface area (Å²) in [5, 5.41) is 10.4. The van der Waals surface area contributed by atoms with Gasteiger partial charge in [-0.25, -0.2) is 9.67 Å². The van der Waals surface area contributed by atoms with E-state index in [0.29, 0.717) is 5.56 Å². The summed E-state index contributed by atoms with van der Waals surface area (Å²) in [5.74, 6) is 0.0457. The van der Waals surface area contributed by atoms with Crippen LogP contribution < -0.4 is 5.32 Å². The molecule has 1 atom stereocenters. The second kappa shape index (κ2) is 7.41. The lowest BCUT2D eigenvalue weighted by atomic mass is 10.0. The topological polar surface area (TPSA) is 59.8 Å². The number of thiazole rings is 1. The number of aryl methyl sites for hydroxylation is 2. The van der Waals surface area contributed by atoms with Crippen LogP contribution in [0, 0.1) is 13.8 Å². The number of hydrogen-bond acceptors (Lipinski definition) is 4. The second-order valence-corrected chi connectivity index (χ2v) is 7.76. The van der Waals surface area contributed by atoms with Crippen LogP contribution in [-0.2, 0) is 0 Å². The monoisotopic (exact) mass is 368 g/mol. The molecule has 0 aliphatic rings. The average molecular weight is 369 g/mol. The van der Waals surface area contributed by atoms with Crippen LogP contribution in [0.25, 0.3) is 5.69 Å². The molecule has 0 saturated heterocycles.